The highest BCUT2D eigenvalue weighted by molar-refractivity contribution is 9.10. The second kappa shape index (κ2) is 6.17. The third kappa shape index (κ3) is 3.30. The van der Waals surface area contributed by atoms with E-state index < -0.39 is 0 Å². The second-order valence-electron chi connectivity index (χ2n) is 4.16. The van der Waals surface area contributed by atoms with Gasteiger partial charge in [-0.05, 0) is 41.9 Å². The predicted octanol–water partition coefficient (Wildman–Crippen LogP) is 2.68. The normalized spacial score (nSPS) is 17.4. The summed E-state index contributed by atoms with van der Waals surface area (Å²) in [6.45, 7) is 6.34. The van der Waals surface area contributed by atoms with Crippen LogP contribution in [0.4, 0.5) is 5.69 Å². The summed E-state index contributed by atoms with van der Waals surface area (Å²) in [5.74, 6) is 0. The average molecular weight is 296 g/mol. The van der Waals surface area contributed by atoms with Gasteiger partial charge in [-0.15, -0.1) is 0 Å². The Bertz CT molecular complexity index is 396. The maximum Gasteiger partial charge on any atom is 0.113 e. The Morgan fingerprint density at radius 3 is 3.12 bits per heavy atom. The first-order chi connectivity index (χ1) is 8.31. The summed E-state index contributed by atoms with van der Waals surface area (Å²) in [6.07, 6.45) is 7.25. The second-order valence-corrected chi connectivity index (χ2v) is 4.92. The molecule has 0 aliphatic carbocycles. The summed E-state index contributed by atoms with van der Waals surface area (Å²) in [4.78, 5) is 6.80. The zero-order valence-electron chi connectivity index (χ0n) is 10.1. The van der Waals surface area contributed by atoms with Gasteiger partial charge in [0.05, 0.1) is 11.9 Å². The molecule has 0 bridgehead atoms. The first-order valence-corrected chi connectivity index (χ1v) is 6.84. The van der Waals surface area contributed by atoms with Crippen LogP contribution in [0.1, 0.15) is 18.9 Å². The highest BCUT2D eigenvalue weighted by Crippen LogP contribution is 2.22. The van der Waals surface area contributed by atoms with Gasteiger partial charge < -0.3 is 10.2 Å². The van der Waals surface area contributed by atoms with Crippen molar-refractivity contribution in [2.45, 2.75) is 13.3 Å². The van der Waals surface area contributed by atoms with E-state index >= 15 is 0 Å². The van der Waals surface area contributed by atoms with Crippen LogP contribution < -0.4 is 10.2 Å². The van der Waals surface area contributed by atoms with Crippen LogP contribution in [0, 0.1) is 0 Å². The first-order valence-electron chi connectivity index (χ1n) is 6.05. The zero-order valence-corrected chi connectivity index (χ0v) is 11.7. The molecular formula is C13H18BrN3. The number of anilines is 1. The fourth-order valence-electron chi connectivity index (χ4n) is 2.03. The molecule has 0 radical (unpaired) electrons. The molecule has 0 saturated carbocycles. The smallest absolute Gasteiger partial charge is 0.113 e. The number of allylic oxidation sites excluding steroid dienone is 1. The van der Waals surface area contributed by atoms with Crippen molar-refractivity contribution in [1.82, 2.24) is 10.3 Å². The number of pyridine rings is 1. The largest absolute Gasteiger partial charge is 0.369 e. The highest BCUT2D eigenvalue weighted by atomic mass is 79.9. The lowest BCUT2D eigenvalue weighted by atomic mass is 10.2. The fraction of sp³-hybridized carbons (Fsp3) is 0.462. The summed E-state index contributed by atoms with van der Waals surface area (Å²) in [5.41, 5.74) is 2.35. The third-order valence-electron chi connectivity index (χ3n) is 2.90. The molecule has 0 spiro atoms. The van der Waals surface area contributed by atoms with Crippen molar-refractivity contribution < 1.29 is 0 Å². The molecule has 1 aromatic heterocycles. The zero-order chi connectivity index (χ0) is 12.1. The van der Waals surface area contributed by atoms with Gasteiger partial charge in [-0.1, -0.05) is 12.2 Å². The molecular weight excluding hydrogens is 278 g/mol. The van der Waals surface area contributed by atoms with E-state index in [2.05, 4.69) is 43.3 Å². The van der Waals surface area contributed by atoms with E-state index in [0.717, 1.165) is 36.3 Å². The monoisotopic (exact) mass is 295 g/mol. The Morgan fingerprint density at radius 1 is 1.41 bits per heavy atom. The van der Waals surface area contributed by atoms with Gasteiger partial charge in [0.2, 0.25) is 0 Å². The van der Waals surface area contributed by atoms with Gasteiger partial charge >= 0.3 is 0 Å². The number of rotatable bonds is 2. The molecule has 17 heavy (non-hydrogen) atoms. The van der Waals surface area contributed by atoms with Gasteiger partial charge in [0, 0.05) is 25.2 Å². The average Bonchev–Trinajstić information content (AvgIpc) is 2.61. The van der Waals surface area contributed by atoms with E-state index in [9.17, 15) is 0 Å². The molecule has 4 heteroatoms. The molecule has 2 rings (SSSR count). The minimum atomic E-state index is 0.910. The quantitative estimate of drug-likeness (QED) is 0.851. The molecule has 1 fully saturated rings. The Morgan fingerprint density at radius 2 is 2.29 bits per heavy atom. The van der Waals surface area contributed by atoms with Crippen LogP contribution in [0.25, 0.3) is 6.08 Å². The summed E-state index contributed by atoms with van der Waals surface area (Å²) in [5, 5.41) is 3.41. The van der Waals surface area contributed by atoms with Crippen molar-refractivity contribution in [2.75, 3.05) is 31.1 Å². The SMILES string of the molecule is CC=Cc1cc(N2CCCNCC2)cnc1Br. The summed E-state index contributed by atoms with van der Waals surface area (Å²) >= 11 is 3.48. The standard InChI is InChI=1S/C13H18BrN3/c1-2-4-11-9-12(10-16-13(11)14)17-7-3-5-15-6-8-17/h2,4,9-10,15H,3,5-8H2,1H3. The van der Waals surface area contributed by atoms with Crippen molar-refractivity contribution in [3.8, 4) is 0 Å². The molecule has 0 unspecified atom stereocenters. The van der Waals surface area contributed by atoms with Gasteiger partial charge in [-0.25, -0.2) is 4.98 Å². The number of halogens is 1. The van der Waals surface area contributed by atoms with E-state index in [-0.39, 0.29) is 0 Å². The van der Waals surface area contributed by atoms with E-state index in [1.54, 1.807) is 0 Å². The Hall–Kier alpha value is -0.870. The van der Waals surface area contributed by atoms with Crippen LogP contribution in [-0.4, -0.2) is 31.2 Å². The maximum absolute atomic E-state index is 4.41. The number of nitrogens with one attached hydrogen (secondary N) is 1. The lowest BCUT2D eigenvalue weighted by molar-refractivity contribution is 0.724. The molecule has 1 aliphatic heterocycles. The molecule has 0 aromatic carbocycles. The van der Waals surface area contributed by atoms with Crippen molar-refractivity contribution in [3.63, 3.8) is 0 Å². The molecule has 1 saturated heterocycles. The van der Waals surface area contributed by atoms with Crippen LogP contribution in [0.15, 0.2) is 22.9 Å². The van der Waals surface area contributed by atoms with Crippen molar-refractivity contribution >= 4 is 27.7 Å². The molecule has 0 amide bonds. The molecule has 3 nitrogen and oxygen atoms in total. The number of nitrogens with zero attached hydrogens (tertiary/aromatic N) is 2. The predicted molar refractivity (Wildman–Crippen MR) is 76.3 cm³/mol. The summed E-state index contributed by atoms with van der Waals surface area (Å²) in [6, 6.07) is 2.20. The lowest BCUT2D eigenvalue weighted by Crippen LogP contribution is -2.27. The van der Waals surface area contributed by atoms with Crippen LogP contribution in [-0.2, 0) is 0 Å². The van der Waals surface area contributed by atoms with Crippen molar-refractivity contribution in [2.24, 2.45) is 0 Å². The van der Waals surface area contributed by atoms with Gasteiger partial charge in [-0.3, -0.25) is 0 Å². The minimum absolute atomic E-state index is 0.910. The van der Waals surface area contributed by atoms with E-state index in [0.29, 0.717) is 0 Å². The number of hydrogen-bond donors (Lipinski definition) is 1. The molecule has 2 heterocycles. The molecule has 0 atom stereocenters. The van der Waals surface area contributed by atoms with Crippen LogP contribution in [0.2, 0.25) is 0 Å². The lowest BCUT2D eigenvalue weighted by Gasteiger charge is -2.22. The van der Waals surface area contributed by atoms with E-state index in [1.165, 1.54) is 12.1 Å². The van der Waals surface area contributed by atoms with Crippen LogP contribution in [0.5, 0.6) is 0 Å². The van der Waals surface area contributed by atoms with Crippen molar-refractivity contribution in [3.05, 3.63) is 28.5 Å². The fourth-order valence-corrected chi connectivity index (χ4v) is 2.38. The van der Waals surface area contributed by atoms with Gasteiger partial charge in [0.25, 0.3) is 0 Å². The highest BCUT2D eigenvalue weighted by Gasteiger charge is 2.10. The number of aromatic nitrogens is 1. The van der Waals surface area contributed by atoms with Crippen molar-refractivity contribution in [1.29, 1.82) is 0 Å². The van der Waals surface area contributed by atoms with E-state index in [4.69, 9.17) is 0 Å². The summed E-state index contributed by atoms with van der Waals surface area (Å²) in [7, 11) is 0. The third-order valence-corrected chi connectivity index (χ3v) is 3.57. The minimum Gasteiger partial charge on any atom is -0.369 e. The van der Waals surface area contributed by atoms with Gasteiger partial charge in [-0.2, -0.15) is 0 Å². The van der Waals surface area contributed by atoms with Crippen LogP contribution in [0.3, 0.4) is 0 Å². The van der Waals surface area contributed by atoms with Gasteiger partial charge in [0.15, 0.2) is 0 Å². The van der Waals surface area contributed by atoms with E-state index in [1.807, 2.05) is 19.2 Å². The Kier molecular flexibility index (Phi) is 4.57. The van der Waals surface area contributed by atoms with Gasteiger partial charge in [0.1, 0.15) is 4.60 Å². The first kappa shape index (κ1) is 12.6. The maximum atomic E-state index is 4.41. The Balaban J connectivity index is 2.22. The van der Waals surface area contributed by atoms with Crippen LogP contribution >= 0.6 is 15.9 Å². The summed E-state index contributed by atoms with van der Waals surface area (Å²) < 4.78 is 0.910. The molecule has 92 valence electrons. The Labute approximate surface area is 111 Å². The molecule has 1 N–H and O–H groups in total. The molecule has 1 aromatic rings. The molecule has 1 aliphatic rings. The topological polar surface area (TPSA) is 28.2 Å². The number of hydrogen-bond acceptors (Lipinski definition) is 3.